The molecule has 2 fully saturated rings. The third-order valence-corrected chi connectivity index (χ3v) is 8.44. The highest BCUT2D eigenvalue weighted by molar-refractivity contribution is 7.61. The van der Waals surface area contributed by atoms with Crippen LogP contribution in [0.1, 0.15) is 0 Å². The van der Waals surface area contributed by atoms with Crippen LogP contribution in [0.5, 0.6) is 0 Å². The third kappa shape index (κ3) is 6.27. The summed E-state index contributed by atoms with van der Waals surface area (Å²) in [6, 6.07) is -1.16. The van der Waals surface area contributed by atoms with Gasteiger partial charge in [-0.25, -0.2) is 9.13 Å². The summed E-state index contributed by atoms with van der Waals surface area (Å²) >= 11 is 0. The van der Waals surface area contributed by atoms with Gasteiger partial charge in [0.15, 0.2) is 24.4 Å². The number of hydrogen-bond acceptors (Lipinski definition) is 18. The molecule has 0 aromatic carbocycles. The molecule has 23 heteroatoms. The van der Waals surface area contributed by atoms with Crippen LogP contribution in [-0.2, 0) is 36.8 Å². The van der Waals surface area contributed by atoms with Crippen LogP contribution in [0.4, 0.5) is 0 Å². The summed E-state index contributed by atoms with van der Waals surface area (Å²) in [6.45, 7) is -1.89. The van der Waals surface area contributed by atoms with Crippen molar-refractivity contribution in [2.75, 3.05) is 13.2 Å². The second kappa shape index (κ2) is 11.2. The van der Waals surface area contributed by atoms with Crippen molar-refractivity contribution in [2.24, 2.45) is 20.7 Å². The first-order valence-corrected chi connectivity index (χ1v) is 13.9. The molecule has 0 aromatic rings. The summed E-state index contributed by atoms with van der Waals surface area (Å²) in [4.78, 5) is 44.0. The molecule has 4 aliphatic rings. The maximum Gasteiger partial charge on any atom is 0.483 e. The number of fused-ring (bicyclic) bond motifs is 1. The van der Waals surface area contributed by atoms with Gasteiger partial charge in [0.2, 0.25) is 5.96 Å². The highest BCUT2D eigenvalue weighted by Crippen LogP contribution is 2.61. The lowest BCUT2D eigenvalue weighted by molar-refractivity contribution is -0.280. The number of aliphatic hydroxyl groups excluding tert-OH is 6. The summed E-state index contributed by atoms with van der Waals surface area (Å²) in [5.41, 5.74) is 5.47. The van der Waals surface area contributed by atoms with Crippen molar-refractivity contribution in [2.45, 2.75) is 61.3 Å². The zero-order chi connectivity index (χ0) is 28.9. The van der Waals surface area contributed by atoms with E-state index in [2.05, 4.69) is 28.3 Å². The van der Waals surface area contributed by atoms with E-state index >= 15 is 0 Å². The quantitative estimate of drug-likeness (QED) is 0.111. The molecule has 10 N–H and O–H groups in total. The summed E-state index contributed by atoms with van der Waals surface area (Å²) in [7, 11) is -11.1. The van der Waals surface area contributed by atoms with Gasteiger partial charge in [0, 0.05) is 0 Å². The van der Waals surface area contributed by atoms with Crippen LogP contribution in [0.25, 0.3) is 0 Å². The maximum atomic E-state index is 12.3. The molecule has 12 atom stereocenters. The Morgan fingerprint density at radius 1 is 0.949 bits per heavy atom. The van der Waals surface area contributed by atoms with Gasteiger partial charge in [-0.2, -0.15) is 14.3 Å². The number of guanidine groups is 1. The van der Waals surface area contributed by atoms with E-state index in [0.717, 1.165) is 11.2 Å². The Morgan fingerprint density at radius 3 is 2.28 bits per heavy atom. The van der Waals surface area contributed by atoms with E-state index in [4.69, 9.17) is 20.3 Å². The van der Waals surface area contributed by atoms with E-state index < -0.39 is 96.1 Å². The van der Waals surface area contributed by atoms with Gasteiger partial charge < -0.3 is 55.6 Å². The zero-order valence-corrected chi connectivity index (χ0v) is 21.2. The molecule has 0 saturated carbocycles. The highest BCUT2D eigenvalue weighted by Gasteiger charge is 2.51. The Labute approximate surface area is 217 Å². The summed E-state index contributed by atoms with van der Waals surface area (Å²) < 4.78 is 48.0. The molecule has 1 amide bonds. The van der Waals surface area contributed by atoms with E-state index in [1.165, 1.54) is 0 Å². The monoisotopic (exact) mass is 605 g/mol. The lowest BCUT2D eigenvalue weighted by atomic mass is 10.00. The van der Waals surface area contributed by atoms with Gasteiger partial charge in [-0.1, -0.05) is 0 Å². The third-order valence-electron chi connectivity index (χ3n) is 5.84. The molecule has 4 rings (SSSR count). The Kier molecular flexibility index (Phi) is 8.70. The molecule has 0 aromatic heterocycles. The van der Waals surface area contributed by atoms with E-state index in [1.54, 1.807) is 0 Å². The minimum absolute atomic E-state index is 0.0620. The van der Waals surface area contributed by atoms with E-state index in [1.807, 2.05) is 0 Å². The number of nitrogens with two attached hydrogens (primary N) is 1. The van der Waals surface area contributed by atoms with Crippen LogP contribution >= 0.6 is 15.6 Å². The number of phosphoric acid groups is 2. The first-order chi connectivity index (χ1) is 18.1. The molecule has 0 radical (unpaired) electrons. The average Bonchev–Trinajstić information content (AvgIpc) is 3.38. The number of rotatable bonds is 9. The Hall–Kier alpha value is -1.78. The van der Waals surface area contributed by atoms with Crippen LogP contribution in [0.3, 0.4) is 0 Å². The Balaban J connectivity index is 1.35. The summed E-state index contributed by atoms with van der Waals surface area (Å²) in [5, 5.41) is 59.2. The van der Waals surface area contributed by atoms with Gasteiger partial charge in [-0.05, 0) is 0 Å². The van der Waals surface area contributed by atoms with Crippen molar-refractivity contribution < 1.29 is 77.2 Å². The predicted molar refractivity (Wildman–Crippen MR) is 120 cm³/mol. The van der Waals surface area contributed by atoms with Crippen molar-refractivity contribution in [3.8, 4) is 0 Å². The normalized spacial score (nSPS) is 41.5. The van der Waals surface area contributed by atoms with Gasteiger partial charge in [0.05, 0.1) is 19.6 Å². The second-order valence-electron chi connectivity index (χ2n) is 8.52. The molecule has 39 heavy (non-hydrogen) atoms. The standard InChI is InChI=1S/C16H25N5O16P2/c17-16-19-12-6(13(28)20-16)18-3-21(12)14-10(26)8(24)5(34-14)2-33-38(29,30)37-39(31,32)36-15-11(27)9(25)7(23)4(1-22)35-15/h3-11,14-15,22-27H,1-2H2,(H,29,30)(H,31,32)(H2,17,20,28)/t4-,5-,6?,7-,8-,9+,10-,11+,14-,15?/m1/s1. The molecular formula is C16H25N5O16P2. The summed E-state index contributed by atoms with van der Waals surface area (Å²) in [6.07, 6.45) is -15.0. The van der Waals surface area contributed by atoms with E-state index in [0.29, 0.717) is 0 Å². The molecule has 4 heterocycles. The first-order valence-electron chi connectivity index (χ1n) is 10.9. The lowest BCUT2D eigenvalue weighted by Crippen LogP contribution is -2.58. The molecule has 2 saturated heterocycles. The van der Waals surface area contributed by atoms with Crippen molar-refractivity contribution >= 4 is 39.7 Å². The number of carbonyl (C=O) groups is 1. The molecular weight excluding hydrogens is 580 g/mol. The first kappa shape index (κ1) is 30.2. The largest absolute Gasteiger partial charge is 0.483 e. The van der Waals surface area contributed by atoms with E-state index in [9.17, 15) is 49.2 Å². The van der Waals surface area contributed by atoms with Crippen molar-refractivity contribution in [1.82, 2.24) is 4.90 Å². The zero-order valence-electron chi connectivity index (χ0n) is 19.4. The van der Waals surface area contributed by atoms with Crippen LogP contribution < -0.4 is 5.73 Å². The molecule has 220 valence electrons. The molecule has 0 bridgehead atoms. The van der Waals surface area contributed by atoms with Crippen LogP contribution in [0.2, 0.25) is 0 Å². The number of amidine groups is 1. The smallest absolute Gasteiger partial charge is 0.394 e. The van der Waals surface area contributed by atoms with Crippen LogP contribution in [-0.4, -0.2) is 144 Å². The molecule has 4 aliphatic heterocycles. The maximum absolute atomic E-state index is 12.3. The number of carbonyl (C=O) groups excluding carboxylic acids is 1. The van der Waals surface area contributed by atoms with Crippen molar-refractivity contribution in [3.63, 3.8) is 0 Å². The fourth-order valence-electron chi connectivity index (χ4n) is 3.93. The van der Waals surface area contributed by atoms with Crippen LogP contribution in [0, 0.1) is 0 Å². The molecule has 21 nitrogen and oxygen atoms in total. The SMILES string of the molecule is NC1=NC(=O)C2N=CN([C@@H]3O[C@H](COP(=O)(O)OP(=O)(O)OC4O[C@H](CO)[C@@H](O)[C@H](O)[C@@H]4O)[C@@H](O)[C@H]3O)C2=N1. The number of aliphatic imine (C=N–C) groups is 3. The number of nitrogens with zero attached hydrogens (tertiary/aromatic N) is 4. The average molecular weight is 605 g/mol. The van der Waals surface area contributed by atoms with Gasteiger partial charge in [-0.15, -0.1) is 0 Å². The van der Waals surface area contributed by atoms with Gasteiger partial charge in [-0.3, -0.25) is 23.7 Å². The Morgan fingerprint density at radius 2 is 1.62 bits per heavy atom. The fraction of sp³-hybridized carbons (Fsp3) is 0.750. The molecule has 0 spiro atoms. The van der Waals surface area contributed by atoms with Gasteiger partial charge >= 0.3 is 15.6 Å². The highest BCUT2D eigenvalue weighted by atomic mass is 31.3. The van der Waals surface area contributed by atoms with Gasteiger partial charge in [0.25, 0.3) is 5.91 Å². The van der Waals surface area contributed by atoms with Crippen molar-refractivity contribution in [1.29, 1.82) is 0 Å². The number of phosphoric ester groups is 2. The Bertz CT molecular complexity index is 1150. The lowest BCUT2D eigenvalue weighted by Gasteiger charge is -2.39. The van der Waals surface area contributed by atoms with E-state index in [-0.39, 0.29) is 11.8 Å². The number of aliphatic hydroxyl groups is 6. The molecule has 4 unspecified atom stereocenters. The number of amides is 1. The van der Waals surface area contributed by atoms with Crippen molar-refractivity contribution in [3.05, 3.63) is 0 Å². The minimum Gasteiger partial charge on any atom is -0.394 e. The number of hydrogen-bond donors (Lipinski definition) is 9. The molecule has 0 aliphatic carbocycles. The topological polar surface area (TPSA) is 326 Å². The van der Waals surface area contributed by atoms with Crippen LogP contribution in [0.15, 0.2) is 15.0 Å². The predicted octanol–water partition coefficient (Wildman–Crippen LogP) is -5.55. The minimum atomic E-state index is -5.60. The van der Waals surface area contributed by atoms with Gasteiger partial charge in [0.1, 0.15) is 42.7 Å². The second-order valence-corrected chi connectivity index (χ2v) is 11.5. The number of ether oxygens (including phenoxy) is 2. The fourth-order valence-corrected chi connectivity index (χ4v) is 6.09. The summed E-state index contributed by atoms with van der Waals surface area (Å²) in [5.74, 6) is -1.18.